The highest BCUT2D eigenvalue weighted by molar-refractivity contribution is 9.10. The van der Waals surface area contributed by atoms with Gasteiger partial charge in [0, 0.05) is 14.7 Å². The van der Waals surface area contributed by atoms with Crippen molar-refractivity contribution in [3.05, 3.63) is 45.2 Å². The van der Waals surface area contributed by atoms with Crippen molar-refractivity contribution < 1.29 is 4.43 Å². The molecule has 0 bridgehead atoms. The fourth-order valence-corrected chi connectivity index (χ4v) is 5.75. The van der Waals surface area contributed by atoms with Crippen LogP contribution < -0.4 is 0 Å². The molecule has 0 saturated carbocycles. The molecule has 1 atom stereocenters. The minimum atomic E-state index is -1.74. The zero-order valence-electron chi connectivity index (χ0n) is 14.6. The van der Waals surface area contributed by atoms with Crippen LogP contribution in [0.3, 0.4) is 0 Å². The Hall–Kier alpha value is -0.423. The Labute approximate surface area is 153 Å². The average Bonchev–Trinajstić information content (AvgIpc) is 3.04. The van der Waals surface area contributed by atoms with Gasteiger partial charge in [-0.25, -0.2) is 0 Å². The standard InChI is InChI=1S/C19H25BrOSSi/c1-19(2,3)23(4,5)21-17-10-9-14-15(17)7-6-8-16(14)18-11-13(20)12-22-18/h6-8,11-12,17H,9-10H2,1-5H3. The molecular weight excluding hydrogens is 384 g/mol. The summed E-state index contributed by atoms with van der Waals surface area (Å²) in [6, 6.07) is 8.94. The summed E-state index contributed by atoms with van der Waals surface area (Å²) in [6.45, 7) is 11.6. The Morgan fingerprint density at radius 1 is 1.26 bits per heavy atom. The SMILES string of the molecule is CC(C)(C)[Si](C)(C)OC1CCc2c(-c3cc(Br)cs3)cccc21. The molecule has 1 aromatic carbocycles. The van der Waals surface area contributed by atoms with E-state index in [-0.39, 0.29) is 11.1 Å². The lowest BCUT2D eigenvalue weighted by Gasteiger charge is -2.38. The van der Waals surface area contributed by atoms with E-state index in [0.717, 1.165) is 12.8 Å². The van der Waals surface area contributed by atoms with Crippen LogP contribution in [0.25, 0.3) is 10.4 Å². The third-order valence-electron chi connectivity index (χ3n) is 5.29. The van der Waals surface area contributed by atoms with Crippen molar-refractivity contribution in [2.45, 2.75) is 57.8 Å². The number of hydrogen-bond acceptors (Lipinski definition) is 2. The zero-order chi connectivity index (χ0) is 16.8. The first-order valence-electron chi connectivity index (χ1n) is 8.23. The summed E-state index contributed by atoms with van der Waals surface area (Å²) in [5.74, 6) is 0. The second-order valence-electron chi connectivity index (χ2n) is 7.91. The molecule has 0 N–H and O–H groups in total. The first kappa shape index (κ1) is 17.4. The fraction of sp³-hybridized carbons (Fsp3) is 0.474. The summed E-state index contributed by atoms with van der Waals surface area (Å²) < 4.78 is 7.89. The van der Waals surface area contributed by atoms with Crippen LogP contribution in [0.4, 0.5) is 0 Å². The van der Waals surface area contributed by atoms with Crippen molar-refractivity contribution in [2.75, 3.05) is 0 Å². The lowest BCUT2D eigenvalue weighted by Crippen LogP contribution is -2.41. The van der Waals surface area contributed by atoms with Crippen LogP contribution in [0.1, 0.15) is 44.4 Å². The molecule has 1 unspecified atom stereocenters. The monoisotopic (exact) mass is 408 g/mol. The van der Waals surface area contributed by atoms with Gasteiger partial charge < -0.3 is 4.43 Å². The smallest absolute Gasteiger partial charge is 0.192 e. The van der Waals surface area contributed by atoms with Gasteiger partial charge in [-0.1, -0.05) is 39.0 Å². The zero-order valence-corrected chi connectivity index (χ0v) is 18.0. The molecular formula is C19H25BrOSSi. The molecule has 0 spiro atoms. The van der Waals surface area contributed by atoms with E-state index in [1.54, 1.807) is 0 Å². The van der Waals surface area contributed by atoms with Crippen LogP contribution in [0.5, 0.6) is 0 Å². The van der Waals surface area contributed by atoms with Gasteiger partial charge in [0.25, 0.3) is 0 Å². The van der Waals surface area contributed by atoms with Crippen molar-refractivity contribution in [3.63, 3.8) is 0 Å². The summed E-state index contributed by atoms with van der Waals surface area (Å²) in [5.41, 5.74) is 4.29. The van der Waals surface area contributed by atoms with Gasteiger partial charge in [0.15, 0.2) is 8.32 Å². The van der Waals surface area contributed by atoms with Crippen LogP contribution >= 0.6 is 27.3 Å². The highest BCUT2D eigenvalue weighted by Gasteiger charge is 2.41. The van der Waals surface area contributed by atoms with Gasteiger partial charge in [0.2, 0.25) is 0 Å². The number of hydrogen-bond donors (Lipinski definition) is 0. The van der Waals surface area contributed by atoms with Crippen molar-refractivity contribution in [1.82, 2.24) is 0 Å². The number of thiophene rings is 1. The predicted molar refractivity (Wildman–Crippen MR) is 107 cm³/mol. The van der Waals surface area contributed by atoms with Crippen LogP contribution in [-0.4, -0.2) is 8.32 Å². The van der Waals surface area contributed by atoms with Crippen LogP contribution in [0, 0.1) is 0 Å². The highest BCUT2D eigenvalue weighted by Crippen LogP contribution is 2.46. The van der Waals surface area contributed by atoms with E-state index in [1.165, 1.54) is 26.0 Å². The maximum Gasteiger partial charge on any atom is 0.192 e. The number of fused-ring (bicyclic) bond motifs is 1. The molecule has 1 aliphatic carbocycles. The van der Waals surface area contributed by atoms with Gasteiger partial charge in [-0.3, -0.25) is 0 Å². The minimum absolute atomic E-state index is 0.256. The molecule has 1 nitrogen and oxygen atoms in total. The van der Waals surface area contributed by atoms with Gasteiger partial charge in [0.05, 0.1) is 6.10 Å². The maximum absolute atomic E-state index is 6.72. The van der Waals surface area contributed by atoms with Gasteiger partial charge >= 0.3 is 0 Å². The summed E-state index contributed by atoms with van der Waals surface area (Å²) in [4.78, 5) is 1.35. The molecule has 4 heteroatoms. The second-order valence-corrected chi connectivity index (χ2v) is 14.5. The topological polar surface area (TPSA) is 9.23 Å². The van der Waals surface area contributed by atoms with E-state index in [1.807, 2.05) is 11.3 Å². The summed E-state index contributed by atoms with van der Waals surface area (Å²) in [5, 5.41) is 2.42. The van der Waals surface area contributed by atoms with E-state index >= 15 is 0 Å². The molecule has 3 rings (SSSR count). The third-order valence-corrected chi connectivity index (χ3v) is 11.5. The molecule has 0 fully saturated rings. The molecule has 23 heavy (non-hydrogen) atoms. The van der Waals surface area contributed by atoms with E-state index in [9.17, 15) is 0 Å². The third kappa shape index (κ3) is 3.36. The molecule has 0 saturated heterocycles. The quantitative estimate of drug-likeness (QED) is 0.488. The molecule has 2 aromatic rings. The largest absolute Gasteiger partial charge is 0.410 e. The second kappa shape index (κ2) is 6.14. The Kier molecular flexibility index (Phi) is 4.64. The predicted octanol–water partition coefficient (Wildman–Crippen LogP) is 7.19. The maximum atomic E-state index is 6.72. The lowest BCUT2D eigenvalue weighted by atomic mass is 10.0. The molecule has 0 aliphatic heterocycles. The van der Waals surface area contributed by atoms with E-state index in [2.05, 4.69) is 79.4 Å². The molecule has 0 radical (unpaired) electrons. The Bertz CT molecular complexity index is 714. The van der Waals surface area contributed by atoms with Crippen molar-refractivity contribution in [2.24, 2.45) is 0 Å². The molecule has 1 aliphatic rings. The fourth-order valence-electron chi connectivity index (χ4n) is 2.96. The number of benzene rings is 1. The summed E-state index contributed by atoms with van der Waals surface area (Å²) in [6.07, 6.45) is 2.51. The number of halogens is 1. The summed E-state index contributed by atoms with van der Waals surface area (Å²) >= 11 is 5.38. The first-order valence-corrected chi connectivity index (χ1v) is 12.8. The average molecular weight is 409 g/mol. The van der Waals surface area contributed by atoms with E-state index in [0.29, 0.717) is 0 Å². The van der Waals surface area contributed by atoms with Gasteiger partial charge in [-0.15, -0.1) is 11.3 Å². The van der Waals surface area contributed by atoms with Crippen LogP contribution in [-0.2, 0) is 10.8 Å². The van der Waals surface area contributed by atoms with Crippen LogP contribution in [0.15, 0.2) is 34.1 Å². The van der Waals surface area contributed by atoms with Gasteiger partial charge in [-0.05, 0) is 69.7 Å². The lowest BCUT2D eigenvalue weighted by molar-refractivity contribution is 0.185. The van der Waals surface area contributed by atoms with E-state index < -0.39 is 8.32 Å². The Balaban J connectivity index is 1.93. The molecule has 0 amide bonds. The minimum Gasteiger partial charge on any atom is -0.410 e. The van der Waals surface area contributed by atoms with Crippen LogP contribution in [0.2, 0.25) is 18.1 Å². The normalized spacial score (nSPS) is 18.3. The highest BCUT2D eigenvalue weighted by atomic mass is 79.9. The summed E-state index contributed by atoms with van der Waals surface area (Å²) in [7, 11) is -1.74. The molecule has 1 heterocycles. The molecule has 124 valence electrons. The first-order chi connectivity index (χ1) is 10.7. The number of rotatable bonds is 3. The van der Waals surface area contributed by atoms with E-state index in [4.69, 9.17) is 4.43 Å². The van der Waals surface area contributed by atoms with Crippen molar-refractivity contribution >= 4 is 35.6 Å². The van der Waals surface area contributed by atoms with Gasteiger partial charge in [-0.2, -0.15) is 0 Å². The Morgan fingerprint density at radius 2 is 2.00 bits per heavy atom. The van der Waals surface area contributed by atoms with Gasteiger partial charge in [0.1, 0.15) is 0 Å². The molecule has 1 aromatic heterocycles. The van der Waals surface area contributed by atoms with Crippen molar-refractivity contribution in [1.29, 1.82) is 0 Å². The Morgan fingerprint density at radius 3 is 2.61 bits per heavy atom. The van der Waals surface area contributed by atoms with Crippen molar-refractivity contribution in [3.8, 4) is 10.4 Å².